The standard InChI is InChI=1S/C14H9N3O4S2/c18-13-12(8-9-4-3-7-21-9)23-14(22)16(13)15-10-5-1-2-6-11(10)17(19)20/h1-8,15H/b12-8+. The number of nitro benzene ring substituents is 1. The summed E-state index contributed by atoms with van der Waals surface area (Å²) in [5.41, 5.74) is 2.75. The molecule has 0 aliphatic carbocycles. The number of anilines is 1. The van der Waals surface area contributed by atoms with Crippen molar-refractivity contribution in [3.05, 3.63) is 63.4 Å². The third-order valence-electron chi connectivity index (χ3n) is 2.94. The van der Waals surface area contributed by atoms with Crippen LogP contribution in [-0.2, 0) is 4.79 Å². The minimum Gasteiger partial charge on any atom is -0.465 e. The molecular weight excluding hydrogens is 338 g/mol. The second kappa shape index (κ2) is 6.23. The van der Waals surface area contributed by atoms with Crippen molar-refractivity contribution in [3.63, 3.8) is 0 Å². The Hall–Kier alpha value is -2.65. The molecule has 1 aromatic carbocycles. The third-order valence-corrected chi connectivity index (χ3v) is 4.25. The summed E-state index contributed by atoms with van der Waals surface area (Å²) >= 11 is 6.25. The van der Waals surface area contributed by atoms with Crippen LogP contribution in [0.4, 0.5) is 11.4 Å². The Labute approximate surface area is 140 Å². The Kier molecular flexibility index (Phi) is 4.13. The molecule has 1 amide bonds. The van der Waals surface area contributed by atoms with Crippen molar-refractivity contribution in [1.29, 1.82) is 0 Å². The van der Waals surface area contributed by atoms with E-state index in [1.54, 1.807) is 30.3 Å². The monoisotopic (exact) mass is 347 g/mol. The van der Waals surface area contributed by atoms with Gasteiger partial charge in [-0.1, -0.05) is 23.9 Å². The van der Waals surface area contributed by atoms with Crippen LogP contribution in [0.3, 0.4) is 0 Å². The highest BCUT2D eigenvalue weighted by Crippen LogP contribution is 2.34. The second-order valence-electron chi connectivity index (χ2n) is 4.42. The number of carbonyl (C=O) groups is 1. The largest absolute Gasteiger partial charge is 0.465 e. The van der Waals surface area contributed by atoms with Crippen molar-refractivity contribution in [2.75, 3.05) is 5.43 Å². The first-order chi connectivity index (χ1) is 11.1. The van der Waals surface area contributed by atoms with E-state index in [0.717, 1.165) is 16.8 Å². The lowest BCUT2D eigenvalue weighted by Gasteiger charge is -2.16. The Balaban J connectivity index is 1.86. The van der Waals surface area contributed by atoms with Gasteiger partial charge in [-0.2, -0.15) is 0 Å². The lowest BCUT2D eigenvalue weighted by atomic mass is 10.3. The average Bonchev–Trinajstić information content (AvgIpc) is 3.12. The van der Waals surface area contributed by atoms with Crippen molar-refractivity contribution in [2.45, 2.75) is 0 Å². The van der Waals surface area contributed by atoms with Crippen LogP contribution < -0.4 is 5.43 Å². The molecule has 1 fully saturated rings. The molecule has 1 saturated heterocycles. The molecule has 2 aromatic rings. The number of furan rings is 1. The Morgan fingerprint density at radius 2 is 2.09 bits per heavy atom. The van der Waals surface area contributed by atoms with Gasteiger partial charge in [0.05, 0.1) is 16.1 Å². The topological polar surface area (TPSA) is 88.6 Å². The van der Waals surface area contributed by atoms with Crippen LogP contribution >= 0.6 is 24.0 Å². The summed E-state index contributed by atoms with van der Waals surface area (Å²) in [5.74, 6) is 0.130. The molecule has 1 aromatic heterocycles. The minimum absolute atomic E-state index is 0.142. The van der Waals surface area contributed by atoms with Crippen LogP contribution in [0.25, 0.3) is 6.08 Å². The van der Waals surface area contributed by atoms with Crippen LogP contribution in [0.5, 0.6) is 0 Å². The van der Waals surface area contributed by atoms with E-state index in [1.807, 2.05) is 0 Å². The molecular formula is C14H9N3O4S2. The lowest BCUT2D eigenvalue weighted by Crippen LogP contribution is -2.34. The number of hydrogen-bond donors (Lipinski definition) is 1. The summed E-state index contributed by atoms with van der Waals surface area (Å²) < 4.78 is 5.43. The van der Waals surface area contributed by atoms with Gasteiger partial charge in [-0.25, -0.2) is 5.01 Å². The number of para-hydroxylation sites is 2. The molecule has 116 valence electrons. The van der Waals surface area contributed by atoms with E-state index in [2.05, 4.69) is 5.43 Å². The Morgan fingerprint density at radius 1 is 1.30 bits per heavy atom. The fourth-order valence-electron chi connectivity index (χ4n) is 1.91. The number of amides is 1. The fraction of sp³-hybridized carbons (Fsp3) is 0. The number of nitro groups is 1. The van der Waals surface area contributed by atoms with Crippen LogP contribution in [0, 0.1) is 10.1 Å². The molecule has 1 aliphatic rings. The highest BCUT2D eigenvalue weighted by Gasteiger charge is 2.33. The van der Waals surface area contributed by atoms with Crippen LogP contribution in [-0.4, -0.2) is 20.2 Å². The summed E-state index contributed by atoms with van der Waals surface area (Å²) in [6.07, 6.45) is 3.07. The normalized spacial score (nSPS) is 16.2. The van der Waals surface area contributed by atoms with Gasteiger partial charge in [0.2, 0.25) is 0 Å². The number of nitrogens with one attached hydrogen (secondary N) is 1. The van der Waals surface area contributed by atoms with E-state index in [-0.39, 0.29) is 15.7 Å². The highest BCUT2D eigenvalue weighted by atomic mass is 32.2. The number of thioether (sulfide) groups is 1. The van der Waals surface area contributed by atoms with Gasteiger partial charge in [-0.15, -0.1) is 0 Å². The minimum atomic E-state index is -0.529. The number of hydrogen-bond acceptors (Lipinski definition) is 7. The van der Waals surface area contributed by atoms with E-state index in [9.17, 15) is 14.9 Å². The third kappa shape index (κ3) is 3.10. The number of rotatable bonds is 4. The van der Waals surface area contributed by atoms with Gasteiger partial charge in [0, 0.05) is 12.1 Å². The zero-order chi connectivity index (χ0) is 16.4. The summed E-state index contributed by atoms with van der Waals surface area (Å²) in [6.45, 7) is 0. The summed E-state index contributed by atoms with van der Waals surface area (Å²) in [6, 6.07) is 9.45. The molecule has 1 N–H and O–H groups in total. The maximum absolute atomic E-state index is 12.4. The first-order valence-electron chi connectivity index (χ1n) is 6.38. The first kappa shape index (κ1) is 15.3. The highest BCUT2D eigenvalue weighted by molar-refractivity contribution is 8.26. The molecule has 0 bridgehead atoms. The molecule has 7 nitrogen and oxygen atoms in total. The predicted molar refractivity (Wildman–Crippen MR) is 90.4 cm³/mol. The average molecular weight is 347 g/mol. The van der Waals surface area contributed by atoms with Gasteiger partial charge in [-0.3, -0.25) is 20.3 Å². The van der Waals surface area contributed by atoms with E-state index in [1.165, 1.54) is 18.4 Å². The maximum atomic E-state index is 12.4. The summed E-state index contributed by atoms with van der Waals surface area (Å²) in [4.78, 5) is 23.3. The molecule has 3 rings (SSSR count). The second-order valence-corrected chi connectivity index (χ2v) is 6.09. The first-order valence-corrected chi connectivity index (χ1v) is 7.60. The molecule has 0 radical (unpaired) electrons. The molecule has 0 unspecified atom stereocenters. The molecule has 0 saturated carbocycles. The van der Waals surface area contributed by atoms with Crippen LogP contribution in [0.1, 0.15) is 5.76 Å². The van der Waals surface area contributed by atoms with Gasteiger partial charge < -0.3 is 4.42 Å². The van der Waals surface area contributed by atoms with Crippen LogP contribution in [0.15, 0.2) is 52.0 Å². The van der Waals surface area contributed by atoms with Crippen molar-refractivity contribution in [1.82, 2.24) is 5.01 Å². The molecule has 9 heteroatoms. The SMILES string of the molecule is O=C1/C(=C\c2ccco2)SC(=S)N1Nc1ccccc1[N+](=O)[O-]. The zero-order valence-corrected chi connectivity index (χ0v) is 13.1. The van der Waals surface area contributed by atoms with Crippen molar-refractivity contribution < 1.29 is 14.1 Å². The number of carbonyl (C=O) groups excluding carboxylic acids is 1. The van der Waals surface area contributed by atoms with Gasteiger partial charge >= 0.3 is 0 Å². The predicted octanol–water partition coefficient (Wildman–Crippen LogP) is 3.42. The van der Waals surface area contributed by atoms with Crippen molar-refractivity contribution in [2.24, 2.45) is 0 Å². The quantitative estimate of drug-likeness (QED) is 0.392. The van der Waals surface area contributed by atoms with E-state index >= 15 is 0 Å². The fourth-order valence-corrected chi connectivity index (χ4v) is 3.07. The molecule has 23 heavy (non-hydrogen) atoms. The number of benzene rings is 1. The van der Waals surface area contributed by atoms with E-state index < -0.39 is 10.8 Å². The smallest absolute Gasteiger partial charge is 0.294 e. The van der Waals surface area contributed by atoms with E-state index in [0.29, 0.717) is 10.7 Å². The Bertz CT molecular complexity index is 817. The van der Waals surface area contributed by atoms with Gasteiger partial charge in [0.25, 0.3) is 11.6 Å². The maximum Gasteiger partial charge on any atom is 0.294 e. The summed E-state index contributed by atoms with van der Waals surface area (Å²) in [5, 5.41) is 12.1. The Morgan fingerprint density at radius 3 is 2.78 bits per heavy atom. The number of nitrogens with zero attached hydrogens (tertiary/aromatic N) is 2. The molecule has 0 spiro atoms. The number of hydrazine groups is 1. The van der Waals surface area contributed by atoms with E-state index in [4.69, 9.17) is 16.6 Å². The molecule has 2 heterocycles. The van der Waals surface area contributed by atoms with Gasteiger partial charge in [0.15, 0.2) is 4.32 Å². The van der Waals surface area contributed by atoms with Gasteiger partial charge in [-0.05, 0) is 30.4 Å². The van der Waals surface area contributed by atoms with Crippen molar-refractivity contribution in [3.8, 4) is 0 Å². The summed E-state index contributed by atoms with van der Waals surface area (Å²) in [7, 11) is 0. The number of thiocarbonyl (C=S) groups is 1. The van der Waals surface area contributed by atoms with Crippen molar-refractivity contribution >= 4 is 51.7 Å². The molecule has 1 aliphatic heterocycles. The van der Waals surface area contributed by atoms with Crippen LogP contribution in [0.2, 0.25) is 0 Å². The lowest BCUT2D eigenvalue weighted by molar-refractivity contribution is -0.384. The zero-order valence-electron chi connectivity index (χ0n) is 11.5. The van der Waals surface area contributed by atoms with Gasteiger partial charge in [0.1, 0.15) is 11.4 Å². The molecule has 0 atom stereocenters.